The molecule has 2 aromatic rings. The van der Waals surface area contributed by atoms with Gasteiger partial charge in [0.05, 0.1) is 0 Å². The van der Waals surface area contributed by atoms with Crippen LogP contribution in [-0.2, 0) is 0 Å². The van der Waals surface area contributed by atoms with Gasteiger partial charge in [-0.25, -0.2) is 4.79 Å². The van der Waals surface area contributed by atoms with Gasteiger partial charge in [0.1, 0.15) is 0 Å². The molecule has 0 saturated carbocycles. The van der Waals surface area contributed by atoms with E-state index in [1.807, 2.05) is 24.3 Å². The summed E-state index contributed by atoms with van der Waals surface area (Å²) in [5.41, 5.74) is 7.36. The van der Waals surface area contributed by atoms with Gasteiger partial charge in [-0.05, 0) is 42.0 Å². The number of anilines is 1. The molecule has 0 aliphatic rings. The van der Waals surface area contributed by atoms with E-state index in [1.54, 1.807) is 30.3 Å². The molecular formula is C16H14BrN3O2. The van der Waals surface area contributed by atoms with Crippen molar-refractivity contribution in [2.45, 2.75) is 0 Å². The molecule has 0 bridgehead atoms. The number of benzene rings is 2. The van der Waals surface area contributed by atoms with E-state index in [0.29, 0.717) is 11.3 Å². The Morgan fingerprint density at radius 1 is 1.05 bits per heavy atom. The number of halogens is 1. The number of carbonyl (C=O) groups is 2. The van der Waals surface area contributed by atoms with Crippen LogP contribution in [0.1, 0.15) is 15.9 Å². The van der Waals surface area contributed by atoms with E-state index in [1.165, 1.54) is 6.20 Å². The van der Waals surface area contributed by atoms with Gasteiger partial charge in [0.2, 0.25) is 0 Å². The minimum atomic E-state index is -0.606. The predicted molar refractivity (Wildman–Crippen MR) is 90.0 cm³/mol. The zero-order valence-corrected chi connectivity index (χ0v) is 13.1. The molecule has 0 unspecified atom stereocenters. The molecule has 0 radical (unpaired) electrons. The highest BCUT2D eigenvalue weighted by atomic mass is 79.9. The maximum Gasteiger partial charge on any atom is 0.325 e. The molecule has 3 amide bonds. The molecule has 0 aliphatic carbocycles. The number of nitrogens with one attached hydrogen (secondary N) is 2. The van der Waals surface area contributed by atoms with Gasteiger partial charge in [0.25, 0.3) is 5.91 Å². The van der Waals surface area contributed by atoms with Crippen molar-refractivity contribution in [3.05, 3.63) is 70.3 Å². The third kappa shape index (κ3) is 4.46. The van der Waals surface area contributed by atoms with Crippen molar-refractivity contribution in [2.75, 3.05) is 5.73 Å². The van der Waals surface area contributed by atoms with Crippen molar-refractivity contribution in [1.82, 2.24) is 10.6 Å². The SMILES string of the molecule is Nc1ccc(C(=O)NC(=O)N/C=C/c2ccccc2Br)cc1. The quantitative estimate of drug-likeness (QED) is 0.736. The Morgan fingerprint density at radius 2 is 1.73 bits per heavy atom. The van der Waals surface area contributed by atoms with Crippen molar-refractivity contribution in [3.8, 4) is 0 Å². The summed E-state index contributed by atoms with van der Waals surface area (Å²) in [7, 11) is 0. The van der Waals surface area contributed by atoms with Gasteiger partial charge in [-0.1, -0.05) is 34.1 Å². The first-order valence-corrected chi connectivity index (χ1v) is 7.24. The van der Waals surface area contributed by atoms with E-state index in [2.05, 4.69) is 26.6 Å². The lowest BCUT2D eigenvalue weighted by Crippen LogP contribution is -2.36. The first-order chi connectivity index (χ1) is 10.6. The lowest BCUT2D eigenvalue weighted by atomic mass is 10.2. The van der Waals surface area contributed by atoms with E-state index in [4.69, 9.17) is 5.73 Å². The number of carbonyl (C=O) groups excluding carboxylic acids is 2. The van der Waals surface area contributed by atoms with Gasteiger partial charge >= 0.3 is 6.03 Å². The molecular weight excluding hydrogens is 346 g/mol. The van der Waals surface area contributed by atoms with Crippen LogP contribution in [0, 0.1) is 0 Å². The average molecular weight is 360 g/mol. The van der Waals surface area contributed by atoms with Crippen LogP contribution in [0.4, 0.5) is 10.5 Å². The van der Waals surface area contributed by atoms with Gasteiger partial charge in [0.15, 0.2) is 0 Å². The Morgan fingerprint density at radius 3 is 2.41 bits per heavy atom. The van der Waals surface area contributed by atoms with E-state index < -0.39 is 11.9 Å². The van der Waals surface area contributed by atoms with E-state index >= 15 is 0 Å². The summed E-state index contributed by atoms with van der Waals surface area (Å²) in [5.74, 6) is -0.494. The summed E-state index contributed by atoms with van der Waals surface area (Å²) >= 11 is 3.40. The monoisotopic (exact) mass is 359 g/mol. The molecule has 112 valence electrons. The Balaban J connectivity index is 1.89. The highest BCUT2D eigenvalue weighted by molar-refractivity contribution is 9.10. The number of nitrogen functional groups attached to an aromatic ring is 1. The molecule has 0 aromatic heterocycles. The molecule has 0 aliphatic heterocycles. The van der Waals surface area contributed by atoms with Crippen molar-refractivity contribution in [1.29, 1.82) is 0 Å². The van der Waals surface area contributed by atoms with Gasteiger partial charge in [0, 0.05) is 21.9 Å². The lowest BCUT2D eigenvalue weighted by Gasteiger charge is -2.04. The standard InChI is InChI=1S/C16H14BrN3O2/c17-14-4-2-1-3-11(14)9-10-19-16(22)20-15(21)12-5-7-13(18)8-6-12/h1-10H,18H2,(H2,19,20,21,22)/b10-9+. The molecule has 2 aromatic carbocycles. The number of hydrogen-bond donors (Lipinski definition) is 3. The molecule has 0 atom stereocenters. The highest BCUT2D eigenvalue weighted by Crippen LogP contribution is 2.16. The van der Waals surface area contributed by atoms with Crippen LogP contribution >= 0.6 is 15.9 Å². The Bertz CT molecular complexity index is 712. The molecule has 0 saturated heterocycles. The van der Waals surface area contributed by atoms with Crippen LogP contribution in [0.3, 0.4) is 0 Å². The van der Waals surface area contributed by atoms with Crippen molar-refractivity contribution in [2.24, 2.45) is 0 Å². The van der Waals surface area contributed by atoms with Crippen molar-refractivity contribution < 1.29 is 9.59 Å². The second-order valence-electron chi connectivity index (χ2n) is 4.40. The second-order valence-corrected chi connectivity index (χ2v) is 5.26. The molecule has 4 N–H and O–H groups in total. The molecule has 22 heavy (non-hydrogen) atoms. The summed E-state index contributed by atoms with van der Waals surface area (Å²) < 4.78 is 0.909. The van der Waals surface area contributed by atoms with Gasteiger partial charge in [-0.3, -0.25) is 10.1 Å². The molecule has 0 fully saturated rings. The number of rotatable bonds is 3. The van der Waals surface area contributed by atoms with Gasteiger partial charge in [-0.15, -0.1) is 0 Å². The lowest BCUT2D eigenvalue weighted by molar-refractivity contribution is 0.0965. The van der Waals surface area contributed by atoms with E-state index in [-0.39, 0.29) is 0 Å². The summed E-state index contributed by atoms with van der Waals surface area (Å²) in [5, 5.41) is 4.70. The molecule has 0 spiro atoms. The summed E-state index contributed by atoms with van der Waals surface area (Å²) in [4.78, 5) is 23.4. The maximum absolute atomic E-state index is 11.8. The number of imide groups is 1. The zero-order chi connectivity index (χ0) is 15.9. The third-order valence-electron chi connectivity index (χ3n) is 2.78. The molecule has 6 heteroatoms. The normalized spacial score (nSPS) is 10.4. The first-order valence-electron chi connectivity index (χ1n) is 6.45. The Labute approximate surface area is 136 Å². The van der Waals surface area contributed by atoms with Gasteiger partial charge in [-0.2, -0.15) is 0 Å². The van der Waals surface area contributed by atoms with Crippen LogP contribution in [0.2, 0.25) is 0 Å². The van der Waals surface area contributed by atoms with Crippen LogP contribution in [0.5, 0.6) is 0 Å². The maximum atomic E-state index is 11.8. The number of amides is 3. The molecule has 0 heterocycles. The average Bonchev–Trinajstić information content (AvgIpc) is 2.50. The van der Waals surface area contributed by atoms with Gasteiger partial charge < -0.3 is 11.1 Å². The fourth-order valence-electron chi connectivity index (χ4n) is 1.66. The fraction of sp³-hybridized carbons (Fsp3) is 0. The predicted octanol–water partition coefficient (Wildman–Crippen LogP) is 3.14. The number of nitrogens with two attached hydrogens (primary N) is 1. The van der Waals surface area contributed by atoms with Crippen LogP contribution in [0.15, 0.2) is 59.2 Å². The Hall–Kier alpha value is -2.60. The number of hydrogen-bond acceptors (Lipinski definition) is 3. The third-order valence-corrected chi connectivity index (χ3v) is 3.50. The smallest absolute Gasteiger partial charge is 0.325 e. The second kappa shape index (κ2) is 7.42. The fourth-order valence-corrected chi connectivity index (χ4v) is 2.08. The van der Waals surface area contributed by atoms with E-state index in [0.717, 1.165) is 10.0 Å². The minimum Gasteiger partial charge on any atom is -0.399 e. The minimum absolute atomic E-state index is 0.360. The highest BCUT2D eigenvalue weighted by Gasteiger charge is 2.08. The largest absolute Gasteiger partial charge is 0.399 e. The Kier molecular flexibility index (Phi) is 5.32. The number of urea groups is 1. The van der Waals surface area contributed by atoms with Crippen LogP contribution in [-0.4, -0.2) is 11.9 Å². The molecule has 2 rings (SSSR count). The zero-order valence-electron chi connectivity index (χ0n) is 11.5. The van der Waals surface area contributed by atoms with Crippen LogP contribution < -0.4 is 16.4 Å². The molecule has 5 nitrogen and oxygen atoms in total. The van der Waals surface area contributed by atoms with Crippen molar-refractivity contribution >= 4 is 39.6 Å². The topological polar surface area (TPSA) is 84.2 Å². The van der Waals surface area contributed by atoms with E-state index in [9.17, 15) is 9.59 Å². The van der Waals surface area contributed by atoms with Crippen molar-refractivity contribution in [3.63, 3.8) is 0 Å². The van der Waals surface area contributed by atoms with Crippen LogP contribution in [0.25, 0.3) is 6.08 Å². The summed E-state index contributed by atoms with van der Waals surface area (Å²) in [6.07, 6.45) is 3.18. The summed E-state index contributed by atoms with van der Waals surface area (Å²) in [6.45, 7) is 0. The summed E-state index contributed by atoms with van der Waals surface area (Å²) in [6, 6.07) is 13.2. The first kappa shape index (κ1) is 15.8.